The molecule has 10 nitrogen and oxygen atoms in total. The summed E-state index contributed by atoms with van der Waals surface area (Å²) in [5.41, 5.74) is 4.22. The third-order valence-electron chi connectivity index (χ3n) is 6.22. The highest BCUT2D eigenvalue weighted by atomic mass is 32.2. The fourth-order valence-electron chi connectivity index (χ4n) is 4.22. The molecule has 5 rings (SSSR count). The number of rotatable bonds is 10. The minimum Gasteiger partial charge on any atom is -0.496 e. The molecule has 0 bridgehead atoms. The number of thiocarbonyl (C=S) groups is 1. The van der Waals surface area contributed by atoms with E-state index in [0.29, 0.717) is 39.4 Å². The number of aromatic amines is 1. The van der Waals surface area contributed by atoms with Crippen LogP contribution < -0.4 is 14.2 Å². The van der Waals surface area contributed by atoms with Gasteiger partial charge in [0.1, 0.15) is 21.1 Å². The van der Waals surface area contributed by atoms with Gasteiger partial charge in [0, 0.05) is 12.1 Å². The van der Waals surface area contributed by atoms with E-state index >= 15 is 0 Å². The van der Waals surface area contributed by atoms with Gasteiger partial charge in [0.2, 0.25) is 0 Å². The molecule has 0 unspecified atom stereocenters. The summed E-state index contributed by atoms with van der Waals surface area (Å²) in [4.78, 5) is 26.4. The first-order valence-corrected chi connectivity index (χ1v) is 13.4. The van der Waals surface area contributed by atoms with Gasteiger partial charge in [-0.3, -0.25) is 9.69 Å². The molecule has 1 amide bonds. The van der Waals surface area contributed by atoms with Crippen molar-refractivity contribution >= 4 is 57.3 Å². The molecule has 2 heterocycles. The van der Waals surface area contributed by atoms with Crippen LogP contribution in [0.25, 0.3) is 28.2 Å². The number of aromatic nitrogens is 3. The minimum absolute atomic E-state index is 0.105. The number of ether oxygens (including phenoxy) is 3. The van der Waals surface area contributed by atoms with Crippen molar-refractivity contribution < 1.29 is 28.9 Å². The summed E-state index contributed by atoms with van der Waals surface area (Å²) in [6.45, 7) is 0.666. The maximum Gasteiger partial charge on any atom is 0.335 e. The molecule has 12 heteroatoms. The highest BCUT2D eigenvalue weighted by molar-refractivity contribution is 8.26. The van der Waals surface area contributed by atoms with E-state index in [2.05, 4.69) is 15.4 Å². The smallest absolute Gasteiger partial charge is 0.335 e. The number of carboxylic acid groups (broad SMARTS) is 1. The zero-order valence-corrected chi connectivity index (χ0v) is 23.2. The van der Waals surface area contributed by atoms with Gasteiger partial charge in [-0.05, 0) is 66.1 Å². The van der Waals surface area contributed by atoms with Gasteiger partial charge in [0.15, 0.2) is 11.5 Å². The van der Waals surface area contributed by atoms with Gasteiger partial charge in [-0.15, -0.1) is 0 Å². The molecule has 1 aliphatic heterocycles. The molecule has 0 spiro atoms. The molecule has 1 saturated heterocycles. The average molecular weight is 577 g/mol. The quantitative estimate of drug-likeness (QED) is 0.151. The van der Waals surface area contributed by atoms with Crippen LogP contribution in [-0.4, -0.2) is 69.0 Å². The molecule has 0 radical (unpaired) electrons. The number of nitrogens with zero attached hydrogens (tertiary/aromatic N) is 3. The molecule has 4 aromatic rings. The lowest BCUT2D eigenvalue weighted by atomic mass is 10.0. The number of carbonyl (C=O) groups excluding carboxylic acids is 1. The summed E-state index contributed by atoms with van der Waals surface area (Å²) in [6.07, 6.45) is 2.34. The number of H-pyrrole nitrogens is 1. The van der Waals surface area contributed by atoms with E-state index in [1.54, 1.807) is 18.1 Å². The van der Waals surface area contributed by atoms with E-state index in [9.17, 15) is 9.59 Å². The Morgan fingerprint density at radius 2 is 1.80 bits per heavy atom. The monoisotopic (exact) mass is 576 g/mol. The lowest BCUT2D eigenvalue weighted by Crippen LogP contribution is -2.29. The van der Waals surface area contributed by atoms with Gasteiger partial charge in [-0.25, -0.2) is 4.79 Å². The Morgan fingerprint density at radius 3 is 2.58 bits per heavy atom. The molecule has 1 fully saturated rings. The van der Waals surface area contributed by atoms with E-state index in [0.717, 1.165) is 27.7 Å². The largest absolute Gasteiger partial charge is 0.496 e. The van der Waals surface area contributed by atoms with Crippen LogP contribution in [0.15, 0.2) is 59.5 Å². The zero-order chi connectivity index (χ0) is 28.2. The second-order valence-electron chi connectivity index (χ2n) is 8.69. The van der Waals surface area contributed by atoms with Crippen LogP contribution in [0.3, 0.4) is 0 Å². The Balaban J connectivity index is 1.26. The van der Waals surface area contributed by atoms with Crippen molar-refractivity contribution in [1.82, 2.24) is 20.3 Å². The normalized spacial score (nSPS) is 14.2. The van der Waals surface area contributed by atoms with Crippen LogP contribution in [0.2, 0.25) is 0 Å². The summed E-state index contributed by atoms with van der Waals surface area (Å²) < 4.78 is 17.1. The first-order valence-electron chi connectivity index (χ1n) is 12.2. The average Bonchev–Trinajstić information content (AvgIpc) is 3.54. The van der Waals surface area contributed by atoms with Crippen LogP contribution in [0.1, 0.15) is 22.3 Å². The van der Waals surface area contributed by atoms with Gasteiger partial charge in [0.25, 0.3) is 5.91 Å². The number of hydrogen-bond acceptors (Lipinski definition) is 9. The predicted molar refractivity (Wildman–Crippen MR) is 156 cm³/mol. The molecular formula is C28H24N4O6S2. The summed E-state index contributed by atoms with van der Waals surface area (Å²) >= 11 is 6.74. The maximum absolute atomic E-state index is 13.2. The van der Waals surface area contributed by atoms with E-state index in [4.69, 9.17) is 31.5 Å². The van der Waals surface area contributed by atoms with Crippen molar-refractivity contribution in [1.29, 1.82) is 0 Å². The van der Waals surface area contributed by atoms with Gasteiger partial charge in [-0.1, -0.05) is 36.1 Å². The van der Waals surface area contributed by atoms with E-state index in [1.165, 1.54) is 31.0 Å². The number of carbonyl (C=O) groups is 2. The van der Waals surface area contributed by atoms with Crippen LogP contribution in [0.4, 0.5) is 0 Å². The molecule has 204 valence electrons. The zero-order valence-electron chi connectivity index (χ0n) is 21.5. The van der Waals surface area contributed by atoms with Crippen molar-refractivity contribution in [3.63, 3.8) is 0 Å². The maximum atomic E-state index is 13.2. The van der Waals surface area contributed by atoms with E-state index in [1.807, 2.05) is 42.5 Å². The minimum atomic E-state index is -1.05. The molecule has 1 aliphatic rings. The van der Waals surface area contributed by atoms with Crippen molar-refractivity contribution in [2.75, 3.05) is 27.4 Å². The molecular weight excluding hydrogens is 552 g/mol. The predicted octanol–water partition coefficient (Wildman–Crippen LogP) is 5.01. The first-order chi connectivity index (χ1) is 19.4. The Morgan fingerprint density at radius 1 is 1.02 bits per heavy atom. The Labute approximate surface area is 238 Å². The number of benzene rings is 3. The molecule has 40 heavy (non-hydrogen) atoms. The van der Waals surface area contributed by atoms with Gasteiger partial charge < -0.3 is 19.3 Å². The van der Waals surface area contributed by atoms with Gasteiger partial charge in [-0.2, -0.15) is 15.4 Å². The number of hydrogen-bond donors (Lipinski definition) is 2. The second kappa shape index (κ2) is 11.8. The van der Waals surface area contributed by atoms with E-state index < -0.39 is 5.97 Å². The first kappa shape index (κ1) is 27.2. The Bertz CT molecular complexity index is 1650. The molecule has 0 saturated carbocycles. The molecule has 0 atom stereocenters. The number of methoxy groups -OCH3 is 2. The second-order valence-corrected chi connectivity index (χ2v) is 10.4. The Hall–Kier alpha value is -4.42. The van der Waals surface area contributed by atoms with Crippen molar-refractivity contribution in [2.45, 2.75) is 6.42 Å². The van der Waals surface area contributed by atoms with Crippen LogP contribution in [-0.2, 0) is 4.79 Å². The van der Waals surface area contributed by atoms with Crippen molar-refractivity contribution in [3.8, 4) is 28.4 Å². The van der Waals surface area contributed by atoms with Crippen LogP contribution in [0.5, 0.6) is 17.2 Å². The van der Waals surface area contributed by atoms with Crippen LogP contribution >= 0.6 is 24.0 Å². The fourth-order valence-corrected chi connectivity index (χ4v) is 5.53. The summed E-state index contributed by atoms with van der Waals surface area (Å²) in [6, 6.07) is 15.9. The molecule has 0 aliphatic carbocycles. The highest BCUT2D eigenvalue weighted by Gasteiger charge is 2.31. The Kier molecular flexibility index (Phi) is 7.99. The summed E-state index contributed by atoms with van der Waals surface area (Å²) in [7, 11) is 3.06. The lowest BCUT2D eigenvalue weighted by molar-refractivity contribution is -0.122. The highest BCUT2D eigenvalue weighted by Crippen LogP contribution is 2.36. The topological polar surface area (TPSA) is 127 Å². The van der Waals surface area contributed by atoms with Crippen molar-refractivity contribution in [3.05, 3.63) is 70.6 Å². The van der Waals surface area contributed by atoms with E-state index in [-0.39, 0.29) is 18.1 Å². The lowest BCUT2D eigenvalue weighted by Gasteiger charge is -2.15. The summed E-state index contributed by atoms with van der Waals surface area (Å²) in [5, 5.41) is 20.0. The third kappa shape index (κ3) is 5.63. The van der Waals surface area contributed by atoms with Crippen molar-refractivity contribution in [2.24, 2.45) is 0 Å². The molecule has 3 aromatic carbocycles. The van der Waals surface area contributed by atoms with Crippen LogP contribution in [0, 0.1) is 0 Å². The number of thioether (sulfide) groups is 1. The standard InChI is InChI=1S/C28H24N4O6S2/c1-36-22-8-4-16(12-19(22)17-5-7-20-21(14-17)30-31-29-20)13-25-26(33)32(28(39)40-25)10-3-11-38-23-9-6-18(27(34)35)15-24(23)37-2/h4-9,12-15H,3,10-11H2,1-2H3,(H,34,35)(H,29,30,31)/b25-13-. The number of nitrogens with one attached hydrogen (secondary N) is 1. The van der Waals surface area contributed by atoms with Gasteiger partial charge >= 0.3 is 5.97 Å². The SMILES string of the molecule is COc1cc(C(=O)O)ccc1OCCCN1C(=O)/C(=C/c2ccc(OC)c(-c3ccc4n[nH]nc4c3)c2)SC1=S. The molecule has 2 N–H and O–H groups in total. The number of amides is 1. The number of carboxylic acids is 1. The molecule has 1 aromatic heterocycles. The summed E-state index contributed by atoms with van der Waals surface area (Å²) in [5.74, 6) is 0.233. The number of fused-ring (bicyclic) bond motifs is 1. The fraction of sp³-hybridized carbons (Fsp3) is 0.179. The van der Waals surface area contributed by atoms with Gasteiger partial charge in [0.05, 0.1) is 31.3 Å². The third-order valence-corrected chi connectivity index (χ3v) is 7.59. The number of aromatic carboxylic acids is 1.